The van der Waals surface area contributed by atoms with E-state index >= 15 is 0 Å². The van der Waals surface area contributed by atoms with Crippen molar-refractivity contribution in [3.63, 3.8) is 0 Å². The maximum absolute atomic E-state index is 11.4. The third kappa shape index (κ3) is 2.82. The fraction of sp³-hybridized carbons (Fsp3) is 0.600. The summed E-state index contributed by atoms with van der Waals surface area (Å²) in [5.74, 6) is -0.230. The van der Waals surface area contributed by atoms with Crippen LogP contribution in [0.2, 0.25) is 0 Å². The molecule has 0 aliphatic carbocycles. The minimum atomic E-state index is -3.70. The number of hydrogen-bond donors (Lipinski definition) is 2. The van der Waals surface area contributed by atoms with Gasteiger partial charge in [0.1, 0.15) is 4.21 Å². The first kappa shape index (κ1) is 13.6. The molecule has 0 spiro atoms. The summed E-state index contributed by atoms with van der Waals surface area (Å²) < 4.78 is 22.9. The second-order valence-corrected chi connectivity index (χ2v) is 7.48. The molecule has 0 bridgehead atoms. The summed E-state index contributed by atoms with van der Waals surface area (Å²) in [5.41, 5.74) is 0.400. The number of sulfonamides is 1. The molecule has 92 valence electrons. The van der Waals surface area contributed by atoms with Gasteiger partial charge in [0.25, 0.3) is 0 Å². The van der Waals surface area contributed by atoms with E-state index in [9.17, 15) is 13.5 Å². The smallest absolute Gasteiger partial charge is 0.247 e. The predicted molar refractivity (Wildman–Crippen MR) is 65.0 cm³/mol. The largest absolute Gasteiger partial charge is 0.396 e. The van der Waals surface area contributed by atoms with Crippen LogP contribution in [0.1, 0.15) is 32.3 Å². The number of rotatable bonds is 3. The van der Waals surface area contributed by atoms with Crippen LogP contribution in [0.25, 0.3) is 0 Å². The van der Waals surface area contributed by atoms with Gasteiger partial charge in [-0.15, -0.1) is 11.3 Å². The van der Waals surface area contributed by atoms with Crippen molar-refractivity contribution < 1.29 is 13.5 Å². The van der Waals surface area contributed by atoms with E-state index in [1.54, 1.807) is 11.4 Å². The molecule has 6 heteroatoms. The van der Waals surface area contributed by atoms with E-state index in [1.807, 2.05) is 20.8 Å². The zero-order chi connectivity index (χ0) is 12.6. The monoisotopic (exact) mass is 263 g/mol. The summed E-state index contributed by atoms with van der Waals surface area (Å²) >= 11 is 1.09. The molecule has 4 nitrogen and oxygen atoms in total. The SMILES string of the molecule is CC(C)(C)[C@H](CO)c1ccsc1S(N)(=O)=O. The van der Waals surface area contributed by atoms with Gasteiger partial charge in [-0.2, -0.15) is 0 Å². The third-order valence-electron chi connectivity index (χ3n) is 2.52. The van der Waals surface area contributed by atoms with E-state index in [2.05, 4.69) is 0 Å². The van der Waals surface area contributed by atoms with Crippen LogP contribution < -0.4 is 5.14 Å². The first-order valence-electron chi connectivity index (χ1n) is 4.89. The van der Waals surface area contributed by atoms with E-state index in [-0.39, 0.29) is 22.1 Å². The quantitative estimate of drug-likeness (QED) is 0.867. The Morgan fingerprint density at radius 3 is 2.44 bits per heavy atom. The fourth-order valence-corrected chi connectivity index (χ4v) is 3.56. The summed E-state index contributed by atoms with van der Waals surface area (Å²) in [4.78, 5) is 0. The normalized spacial score (nSPS) is 15.1. The molecule has 3 N–H and O–H groups in total. The van der Waals surface area contributed by atoms with Crippen LogP contribution in [0.3, 0.4) is 0 Å². The lowest BCUT2D eigenvalue weighted by molar-refractivity contribution is 0.185. The maximum atomic E-state index is 11.4. The molecule has 0 aromatic carbocycles. The molecule has 0 radical (unpaired) electrons. The van der Waals surface area contributed by atoms with Crippen LogP contribution in [0.15, 0.2) is 15.7 Å². The van der Waals surface area contributed by atoms with Crippen molar-refractivity contribution >= 4 is 21.4 Å². The number of primary sulfonamides is 1. The van der Waals surface area contributed by atoms with Gasteiger partial charge in [-0.25, -0.2) is 13.6 Å². The highest BCUT2D eigenvalue weighted by molar-refractivity contribution is 7.91. The standard InChI is InChI=1S/C10H17NO3S2/c1-10(2,3)8(6-12)7-4-5-15-9(7)16(11,13)14/h4-5,8,12H,6H2,1-3H3,(H2,11,13,14)/t8-/m1/s1. The first-order chi connectivity index (χ1) is 7.18. The van der Waals surface area contributed by atoms with E-state index in [4.69, 9.17) is 5.14 Å². The number of nitrogens with two attached hydrogens (primary N) is 1. The van der Waals surface area contributed by atoms with Gasteiger partial charge < -0.3 is 5.11 Å². The van der Waals surface area contributed by atoms with Crippen LogP contribution >= 0.6 is 11.3 Å². The molecule has 1 aromatic rings. The Labute approximate surface area is 100 Å². The summed E-state index contributed by atoms with van der Waals surface area (Å²) in [5, 5.41) is 16.2. The number of aliphatic hydroxyl groups is 1. The van der Waals surface area contributed by atoms with Gasteiger partial charge in [-0.3, -0.25) is 0 Å². The number of thiophene rings is 1. The molecule has 0 aliphatic heterocycles. The summed E-state index contributed by atoms with van der Waals surface area (Å²) in [6, 6.07) is 1.72. The number of hydrogen-bond acceptors (Lipinski definition) is 4. The Hall–Kier alpha value is -0.430. The molecule has 16 heavy (non-hydrogen) atoms. The molecule has 0 fully saturated rings. The van der Waals surface area contributed by atoms with Crippen molar-refractivity contribution in [2.24, 2.45) is 10.6 Å². The van der Waals surface area contributed by atoms with E-state index in [0.717, 1.165) is 11.3 Å². The van der Waals surface area contributed by atoms with Gasteiger partial charge in [-0.05, 0) is 22.4 Å². The second-order valence-electron chi connectivity index (χ2n) is 4.81. The molecular weight excluding hydrogens is 246 g/mol. The van der Waals surface area contributed by atoms with Crippen molar-refractivity contribution in [3.8, 4) is 0 Å². The van der Waals surface area contributed by atoms with Crippen LogP contribution in [0, 0.1) is 5.41 Å². The van der Waals surface area contributed by atoms with Crippen LogP contribution in [0.4, 0.5) is 0 Å². The highest BCUT2D eigenvalue weighted by atomic mass is 32.2. The lowest BCUT2D eigenvalue weighted by Crippen LogP contribution is -2.24. The van der Waals surface area contributed by atoms with Crippen LogP contribution in [0.5, 0.6) is 0 Å². The highest BCUT2D eigenvalue weighted by Crippen LogP contribution is 2.39. The zero-order valence-corrected chi connectivity index (χ0v) is 11.2. The molecule has 0 unspecified atom stereocenters. The lowest BCUT2D eigenvalue weighted by Gasteiger charge is -2.29. The average Bonchev–Trinajstić information content (AvgIpc) is 2.49. The Morgan fingerprint density at radius 2 is 2.06 bits per heavy atom. The van der Waals surface area contributed by atoms with Gasteiger partial charge in [0.15, 0.2) is 0 Å². The molecule has 0 aliphatic rings. The minimum absolute atomic E-state index is 0.0945. The lowest BCUT2D eigenvalue weighted by atomic mass is 9.78. The molecule has 0 saturated carbocycles. The minimum Gasteiger partial charge on any atom is -0.396 e. The number of aliphatic hydroxyl groups excluding tert-OH is 1. The van der Waals surface area contributed by atoms with Crippen molar-refractivity contribution in [1.29, 1.82) is 0 Å². The Bertz CT molecular complexity index is 457. The van der Waals surface area contributed by atoms with E-state index < -0.39 is 10.0 Å². The van der Waals surface area contributed by atoms with Crippen LogP contribution in [-0.4, -0.2) is 20.1 Å². The van der Waals surface area contributed by atoms with Crippen molar-refractivity contribution in [3.05, 3.63) is 17.0 Å². The Balaban J connectivity index is 3.28. The molecule has 0 amide bonds. The second kappa shape index (κ2) is 4.44. The topological polar surface area (TPSA) is 80.4 Å². The van der Waals surface area contributed by atoms with Crippen molar-refractivity contribution in [2.45, 2.75) is 30.9 Å². The van der Waals surface area contributed by atoms with Crippen molar-refractivity contribution in [1.82, 2.24) is 0 Å². The Morgan fingerprint density at radius 1 is 1.50 bits per heavy atom. The summed E-state index contributed by atoms with van der Waals surface area (Å²) in [7, 11) is -3.70. The third-order valence-corrected chi connectivity index (χ3v) is 4.98. The predicted octanol–water partition coefficient (Wildman–Crippen LogP) is 1.52. The van der Waals surface area contributed by atoms with Crippen LogP contribution in [-0.2, 0) is 10.0 Å². The summed E-state index contributed by atoms with van der Waals surface area (Å²) in [6.45, 7) is 5.78. The van der Waals surface area contributed by atoms with E-state index in [1.165, 1.54) is 0 Å². The average molecular weight is 263 g/mol. The van der Waals surface area contributed by atoms with Gasteiger partial charge in [0, 0.05) is 5.92 Å². The first-order valence-corrected chi connectivity index (χ1v) is 7.31. The van der Waals surface area contributed by atoms with Gasteiger partial charge in [0.05, 0.1) is 6.61 Å². The van der Waals surface area contributed by atoms with Crippen molar-refractivity contribution in [2.75, 3.05) is 6.61 Å². The molecule has 1 atom stereocenters. The molecule has 1 aromatic heterocycles. The highest BCUT2D eigenvalue weighted by Gasteiger charge is 2.30. The van der Waals surface area contributed by atoms with Gasteiger partial charge in [-0.1, -0.05) is 20.8 Å². The molecule has 1 rings (SSSR count). The molecule has 0 saturated heterocycles. The molecular formula is C10H17NO3S2. The van der Waals surface area contributed by atoms with Gasteiger partial charge in [0.2, 0.25) is 10.0 Å². The van der Waals surface area contributed by atoms with E-state index in [0.29, 0.717) is 5.56 Å². The molecule has 1 heterocycles. The zero-order valence-electron chi connectivity index (χ0n) is 9.60. The van der Waals surface area contributed by atoms with Gasteiger partial charge >= 0.3 is 0 Å². The fourth-order valence-electron chi connectivity index (χ4n) is 1.63. The Kier molecular flexibility index (Phi) is 3.79. The maximum Gasteiger partial charge on any atom is 0.247 e. The summed E-state index contributed by atoms with van der Waals surface area (Å²) in [6.07, 6.45) is 0.